The van der Waals surface area contributed by atoms with Crippen molar-refractivity contribution in [2.75, 3.05) is 21.7 Å². The van der Waals surface area contributed by atoms with Crippen molar-refractivity contribution < 1.29 is 27.4 Å². The van der Waals surface area contributed by atoms with Crippen LogP contribution in [-0.2, 0) is 25.2 Å². The molecular weight excluding hydrogens is 476 g/mol. The zero-order chi connectivity index (χ0) is 25.4. The number of benzene rings is 2. The summed E-state index contributed by atoms with van der Waals surface area (Å²) in [5, 5.41) is 5.48. The quantitative estimate of drug-likeness (QED) is 0.545. The van der Waals surface area contributed by atoms with Crippen LogP contribution in [0.25, 0.3) is 0 Å². The highest BCUT2D eigenvalue weighted by Crippen LogP contribution is 2.21. The van der Waals surface area contributed by atoms with Gasteiger partial charge in [0.25, 0.3) is 0 Å². The average Bonchev–Trinajstić information content (AvgIpc) is 2.82. The van der Waals surface area contributed by atoms with Crippen molar-refractivity contribution in [3.05, 3.63) is 60.2 Å². The Morgan fingerprint density at radius 1 is 0.943 bits per heavy atom. The first-order valence-electron chi connectivity index (χ1n) is 11.5. The molecule has 2 N–H and O–H groups in total. The standard InChI is InChI=1S/C25H29F2N3O4S/c1-17(25(33)29-20-5-3-2-4-6-20)30(22-13-9-19(27)10-14-22)24(32)16-35(34)15-23(31)28-21-11-7-18(26)8-12-21/h7-14,17,20H,2-6,15-16H2,1H3,(H,28,31)(H,29,33)/t17-,35-/m0/s1. The normalized spacial score (nSPS) is 15.6. The Morgan fingerprint density at radius 3 is 2.11 bits per heavy atom. The summed E-state index contributed by atoms with van der Waals surface area (Å²) in [5.41, 5.74) is 0.621. The number of nitrogens with one attached hydrogen (secondary N) is 2. The second kappa shape index (κ2) is 12.5. The van der Waals surface area contributed by atoms with Crippen LogP contribution in [0.4, 0.5) is 20.2 Å². The molecule has 0 saturated heterocycles. The maximum Gasteiger partial charge on any atom is 0.243 e. The molecule has 188 valence electrons. The predicted octanol–water partition coefficient (Wildman–Crippen LogP) is 3.52. The van der Waals surface area contributed by atoms with Gasteiger partial charge in [-0.2, -0.15) is 0 Å². The molecule has 3 amide bonds. The van der Waals surface area contributed by atoms with Gasteiger partial charge in [-0.3, -0.25) is 23.5 Å². The molecule has 0 unspecified atom stereocenters. The van der Waals surface area contributed by atoms with Gasteiger partial charge >= 0.3 is 0 Å². The fourth-order valence-electron chi connectivity index (χ4n) is 4.01. The summed E-state index contributed by atoms with van der Waals surface area (Å²) in [6.07, 6.45) is 4.92. The van der Waals surface area contributed by atoms with Crippen molar-refractivity contribution >= 4 is 39.9 Å². The lowest BCUT2D eigenvalue weighted by Crippen LogP contribution is -2.52. The Kier molecular flexibility index (Phi) is 9.47. The summed E-state index contributed by atoms with van der Waals surface area (Å²) < 4.78 is 39.1. The van der Waals surface area contributed by atoms with Gasteiger partial charge in [0.1, 0.15) is 29.2 Å². The van der Waals surface area contributed by atoms with Gasteiger partial charge in [0.05, 0.1) is 0 Å². The lowest BCUT2D eigenvalue weighted by atomic mass is 9.95. The highest BCUT2D eigenvalue weighted by molar-refractivity contribution is 7.86. The SMILES string of the molecule is C[C@@H](C(=O)NC1CCCCC1)N(C(=O)C[S@@](=O)CC(=O)Nc1ccc(F)cc1)c1ccc(F)cc1. The third kappa shape index (κ3) is 7.95. The third-order valence-electron chi connectivity index (χ3n) is 5.80. The maximum atomic E-state index is 13.5. The fraction of sp³-hybridized carbons (Fsp3) is 0.400. The molecule has 35 heavy (non-hydrogen) atoms. The van der Waals surface area contributed by atoms with Crippen LogP contribution in [0.5, 0.6) is 0 Å². The third-order valence-corrected chi connectivity index (χ3v) is 6.95. The van der Waals surface area contributed by atoms with Crippen LogP contribution in [0, 0.1) is 11.6 Å². The molecule has 1 saturated carbocycles. The van der Waals surface area contributed by atoms with Crippen molar-refractivity contribution in [1.82, 2.24) is 5.32 Å². The first-order valence-corrected chi connectivity index (χ1v) is 13.0. The molecule has 2 aromatic rings. The van der Waals surface area contributed by atoms with Gasteiger partial charge in [0.2, 0.25) is 17.7 Å². The van der Waals surface area contributed by atoms with Crippen LogP contribution in [0.2, 0.25) is 0 Å². The van der Waals surface area contributed by atoms with E-state index in [-0.39, 0.29) is 17.6 Å². The van der Waals surface area contributed by atoms with E-state index in [0.717, 1.165) is 32.1 Å². The zero-order valence-corrected chi connectivity index (χ0v) is 20.3. The smallest absolute Gasteiger partial charge is 0.243 e. The van der Waals surface area contributed by atoms with Gasteiger partial charge in [-0.1, -0.05) is 19.3 Å². The van der Waals surface area contributed by atoms with Crippen molar-refractivity contribution in [3.8, 4) is 0 Å². The van der Waals surface area contributed by atoms with Gasteiger partial charge in [-0.15, -0.1) is 0 Å². The van der Waals surface area contributed by atoms with Crippen LogP contribution in [0.3, 0.4) is 0 Å². The van der Waals surface area contributed by atoms with Crippen LogP contribution >= 0.6 is 0 Å². The second-order valence-electron chi connectivity index (χ2n) is 8.54. The molecule has 0 radical (unpaired) electrons. The highest BCUT2D eigenvalue weighted by atomic mass is 32.2. The van der Waals surface area contributed by atoms with Crippen molar-refractivity contribution in [1.29, 1.82) is 0 Å². The fourth-order valence-corrected chi connectivity index (χ4v) is 4.89. The molecule has 1 aliphatic rings. The number of halogens is 2. The van der Waals surface area contributed by atoms with Gasteiger partial charge in [0.15, 0.2) is 0 Å². The van der Waals surface area contributed by atoms with E-state index in [0.29, 0.717) is 5.69 Å². The van der Waals surface area contributed by atoms with Crippen LogP contribution in [-0.4, -0.2) is 45.5 Å². The van der Waals surface area contributed by atoms with Crippen molar-refractivity contribution in [2.24, 2.45) is 0 Å². The van der Waals surface area contributed by atoms with E-state index < -0.39 is 51.8 Å². The molecule has 3 rings (SSSR count). The van der Waals surface area contributed by atoms with Crippen LogP contribution < -0.4 is 15.5 Å². The predicted molar refractivity (Wildman–Crippen MR) is 131 cm³/mol. The Balaban J connectivity index is 1.66. The Hall–Kier alpha value is -3.14. The van der Waals surface area contributed by atoms with Crippen LogP contribution in [0.1, 0.15) is 39.0 Å². The number of hydrogen-bond acceptors (Lipinski definition) is 4. The van der Waals surface area contributed by atoms with Gasteiger partial charge in [-0.05, 0) is 68.3 Å². The number of nitrogens with zero attached hydrogens (tertiary/aromatic N) is 1. The summed E-state index contributed by atoms with van der Waals surface area (Å²) >= 11 is 0. The minimum absolute atomic E-state index is 0.0353. The molecule has 0 spiro atoms. The first kappa shape index (κ1) is 26.5. The summed E-state index contributed by atoms with van der Waals surface area (Å²) in [4.78, 5) is 39.5. The molecule has 1 aliphatic carbocycles. The number of rotatable bonds is 9. The van der Waals surface area contributed by atoms with Gasteiger partial charge in [-0.25, -0.2) is 8.78 Å². The molecule has 1 fully saturated rings. The minimum atomic E-state index is -1.88. The lowest BCUT2D eigenvalue weighted by molar-refractivity contribution is -0.126. The van der Waals surface area contributed by atoms with E-state index in [2.05, 4.69) is 10.6 Å². The van der Waals surface area contributed by atoms with E-state index >= 15 is 0 Å². The Bertz CT molecular complexity index is 1060. The number of anilines is 2. The van der Waals surface area contributed by atoms with E-state index in [4.69, 9.17) is 0 Å². The van der Waals surface area contributed by atoms with Crippen LogP contribution in [0.15, 0.2) is 48.5 Å². The molecule has 0 heterocycles. The number of hydrogen-bond donors (Lipinski definition) is 2. The summed E-state index contributed by atoms with van der Waals surface area (Å²) in [6, 6.07) is 9.29. The lowest BCUT2D eigenvalue weighted by Gasteiger charge is -2.31. The molecule has 0 bridgehead atoms. The minimum Gasteiger partial charge on any atom is -0.352 e. The van der Waals surface area contributed by atoms with Crippen molar-refractivity contribution in [3.63, 3.8) is 0 Å². The summed E-state index contributed by atoms with van der Waals surface area (Å²) in [6.45, 7) is 1.56. The maximum absolute atomic E-state index is 13.5. The monoisotopic (exact) mass is 505 g/mol. The van der Waals surface area contributed by atoms with E-state index in [1.807, 2.05) is 0 Å². The molecule has 7 nitrogen and oxygen atoms in total. The molecule has 0 aromatic heterocycles. The van der Waals surface area contributed by atoms with E-state index in [1.165, 1.54) is 53.4 Å². The topological polar surface area (TPSA) is 95.6 Å². The summed E-state index contributed by atoms with van der Waals surface area (Å²) in [5.74, 6) is -3.50. The highest BCUT2D eigenvalue weighted by Gasteiger charge is 2.30. The second-order valence-corrected chi connectivity index (χ2v) is 10.0. The van der Waals surface area contributed by atoms with E-state index in [9.17, 15) is 27.4 Å². The van der Waals surface area contributed by atoms with E-state index in [1.54, 1.807) is 6.92 Å². The Labute approximate surface area is 205 Å². The first-order chi connectivity index (χ1) is 16.7. The summed E-state index contributed by atoms with van der Waals surface area (Å²) in [7, 11) is -1.88. The average molecular weight is 506 g/mol. The molecular formula is C25H29F2N3O4S. The zero-order valence-electron chi connectivity index (χ0n) is 19.5. The molecule has 10 heteroatoms. The Morgan fingerprint density at radius 2 is 1.51 bits per heavy atom. The molecule has 0 aliphatic heterocycles. The largest absolute Gasteiger partial charge is 0.352 e. The van der Waals surface area contributed by atoms with Gasteiger partial charge < -0.3 is 10.6 Å². The number of amides is 3. The number of carbonyl (C=O) groups excluding carboxylic acids is 3. The van der Waals surface area contributed by atoms with Gasteiger partial charge in [0, 0.05) is 28.2 Å². The molecule has 2 atom stereocenters. The number of carbonyl (C=O) groups is 3. The molecule has 2 aromatic carbocycles. The van der Waals surface area contributed by atoms with Crippen molar-refractivity contribution in [2.45, 2.75) is 51.1 Å².